The summed E-state index contributed by atoms with van der Waals surface area (Å²) in [7, 11) is 4.62. The fourth-order valence-electron chi connectivity index (χ4n) is 2.46. The van der Waals surface area contributed by atoms with Crippen LogP contribution in [0.15, 0.2) is 41.5 Å². The van der Waals surface area contributed by atoms with Crippen LogP contribution in [-0.4, -0.2) is 40.1 Å². The van der Waals surface area contributed by atoms with Gasteiger partial charge in [-0.1, -0.05) is 26.0 Å². The molecule has 0 bridgehead atoms. The number of benzene rings is 2. The Hall–Kier alpha value is -3.22. The highest BCUT2D eigenvalue weighted by atomic mass is 16.5. The quantitative estimate of drug-likeness (QED) is 0.528. The minimum absolute atomic E-state index is 0.137. The van der Waals surface area contributed by atoms with Gasteiger partial charge in [0.05, 0.1) is 27.5 Å². The summed E-state index contributed by atoms with van der Waals surface area (Å²) in [6, 6.07) is 11.1. The molecule has 1 amide bonds. The zero-order valence-electron chi connectivity index (χ0n) is 16.8. The summed E-state index contributed by atoms with van der Waals surface area (Å²) < 4.78 is 21.3. The minimum atomic E-state index is -0.372. The van der Waals surface area contributed by atoms with Crippen LogP contribution in [0.2, 0.25) is 0 Å². The molecule has 0 spiro atoms. The second kappa shape index (κ2) is 10.2. The van der Waals surface area contributed by atoms with Crippen LogP contribution in [0.3, 0.4) is 0 Å². The van der Waals surface area contributed by atoms with Gasteiger partial charge < -0.3 is 18.9 Å². The molecule has 7 nitrogen and oxygen atoms in total. The van der Waals surface area contributed by atoms with Crippen molar-refractivity contribution >= 4 is 12.1 Å². The highest BCUT2D eigenvalue weighted by molar-refractivity contribution is 5.86. The molecule has 7 heteroatoms. The highest BCUT2D eigenvalue weighted by Crippen LogP contribution is 2.33. The number of hydrazone groups is 1. The lowest BCUT2D eigenvalue weighted by Gasteiger charge is -2.11. The topological polar surface area (TPSA) is 78.4 Å². The van der Waals surface area contributed by atoms with Crippen LogP contribution < -0.4 is 24.4 Å². The molecular formula is C21H26N2O5. The van der Waals surface area contributed by atoms with Gasteiger partial charge in [-0.15, -0.1) is 0 Å². The molecule has 2 aromatic rings. The van der Waals surface area contributed by atoms with Crippen molar-refractivity contribution in [1.29, 1.82) is 0 Å². The molecule has 0 radical (unpaired) electrons. The summed E-state index contributed by atoms with van der Waals surface area (Å²) >= 11 is 0. The lowest BCUT2D eigenvalue weighted by atomic mass is 10.0. The molecule has 0 aromatic heterocycles. The number of hydrogen-bond acceptors (Lipinski definition) is 6. The van der Waals surface area contributed by atoms with Crippen LogP contribution in [0.25, 0.3) is 0 Å². The Labute approximate surface area is 165 Å². The van der Waals surface area contributed by atoms with Gasteiger partial charge in [0.15, 0.2) is 18.1 Å². The number of methoxy groups -OCH3 is 3. The Morgan fingerprint density at radius 1 is 1.00 bits per heavy atom. The average molecular weight is 386 g/mol. The molecule has 28 heavy (non-hydrogen) atoms. The van der Waals surface area contributed by atoms with E-state index in [1.165, 1.54) is 26.0 Å². The Morgan fingerprint density at radius 2 is 1.61 bits per heavy atom. The van der Waals surface area contributed by atoms with Crippen LogP contribution in [-0.2, 0) is 4.79 Å². The van der Waals surface area contributed by atoms with E-state index in [9.17, 15) is 4.79 Å². The van der Waals surface area contributed by atoms with Gasteiger partial charge in [-0.05, 0) is 29.7 Å². The largest absolute Gasteiger partial charge is 0.496 e. The first-order chi connectivity index (χ1) is 13.5. The maximum atomic E-state index is 11.9. The molecule has 0 atom stereocenters. The fraction of sp³-hybridized carbons (Fsp3) is 0.333. The van der Waals surface area contributed by atoms with E-state index in [2.05, 4.69) is 24.4 Å². The van der Waals surface area contributed by atoms with Crippen molar-refractivity contribution in [3.05, 3.63) is 47.5 Å². The van der Waals surface area contributed by atoms with Crippen LogP contribution in [0.1, 0.15) is 30.9 Å². The van der Waals surface area contributed by atoms with E-state index < -0.39 is 0 Å². The van der Waals surface area contributed by atoms with Gasteiger partial charge in [0, 0.05) is 11.6 Å². The number of nitrogens with zero attached hydrogens (tertiary/aromatic N) is 1. The summed E-state index contributed by atoms with van der Waals surface area (Å²) in [5.74, 6) is 2.31. The zero-order chi connectivity index (χ0) is 20.5. The van der Waals surface area contributed by atoms with Crippen LogP contribution in [0.5, 0.6) is 23.0 Å². The number of ether oxygens (including phenoxy) is 4. The minimum Gasteiger partial charge on any atom is -0.496 e. The van der Waals surface area contributed by atoms with Crippen molar-refractivity contribution in [3.8, 4) is 23.0 Å². The van der Waals surface area contributed by atoms with Gasteiger partial charge in [-0.2, -0.15) is 5.10 Å². The number of carbonyl (C=O) groups is 1. The first-order valence-electron chi connectivity index (χ1n) is 8.83. The number of carbonyl (C=O) groups excluding carboxylic acids is 1. The SMILES string of the molecule is COc1cc(OC)c(OC)cc1C=NNC(=O)COc1ccc(C(C)C)cc1. The molecule has 0 unspecified atom stereocenters. The van der Waals surface area contributed by atoms with Gasteiger partial charge in [-0.3, -0.25) is 4.79 Å². The van der Waals surface area contributed by atoms with Crippen molar-refractivity contribution in [3.63, 3.8) is 0 Å². The normalized spacial score (nSPS) is 10.8. The second-order valence-electron chi connectivity index (χ2n) is 6.25. The Morgan fingerprint density at radius 3 is 2.18 bits per heavy atom. The van der Waals surface area contributed by atoms with Crippen molar-refractivity contribution < 1.29 is 23.7 Å². The lowest BCUT2D eigenvalue weighted by molar-refractivity contribution is -0.123. The van der Waals surface area contributed by atoms with Crippen LogP contribution >= 0.6 is 0 Å². The first-order valence-corrected chi connectivity index (χ1v) is 8.83. The summed E-state index contributed by atoms with van der Waals surface area (Å²) in [5, 5.41) is 3.95. The molecule has 0 fully saturated rings. The smallest absolute Gasteiger partial charge is 0.277 e. The number of nitrogens with one attached hydrogen (secondary N) is 1. The molecule has 0 aliphatic rings. The van der Waals surface area contributed by atoms with Crippen LogP contribution in [0.4, 0.5) is 0 Å². The zero-order valence-corrected chi connectivity index (χ0v) is 16.8. The number of amides is 1. The van der Waals surface area contributed by atoms with E-state index >= 15 is 0 Å². The van der Waals surface area contributed by atoms with Crippen LogP contribution in [0, 0.1) is 0 Å². The Bertz CT molecular complexity index is 816. The maximum Gasteiger partial charge on any atom is 0.277 e. The Balaban J connectivity index is 1.94. The van der Waals surface area contributed by atoms with E-state index in [0.717, 1.165) is 0 Å². The number of hydrogen-bond donors (Lipinski definition) is 1. The van der Waals surface area contributed by atoms with E-state index in [0.29, 0.717) is 34.5 Å². The third kappa shape index (κ3) is 5.64. The standard InChI is InChI=1S/C21H26N2O5/c1-14(2)15-6-8-17(9-7-15)28-13-21(24)23-22-12-16-10-19(26-4)20(27-5)11-18(16)25-3/h6-12,14H,13H2,1-5H3,(H,23,24). The van der Waals surface area contributed by atoms with Crippen molar-refractivity contribution in [2.45, 2.75) is 19.8 Å². The summed E-state index contributed by atoms with van der Waals surface area (Å²) in [5.41, 5.74) is 4.27. The van der Waals surface area contributed by atoms with Gasteiger partial charge in [0.1, 0.15) is 11.5 Å². The summed E-state index contributed by atoms with van der Waals surface area (Å²) in [6.07, 6.45) is 1.47. The first kappa shape index (κ1) is 21.1. The molecule has 0 aliphatic heterocycles. The molecule has 2 rings (SSSR count). The molecule has 0 aliphatic carbocycles. The van der Waals surface area contributed by atoms with Gasteiger partial charge >= 0.3 is 0 Å². The third-order valence-electron chi connectivity index (χ3n) is 4.05. The van der Waals surface area contributed by atoms with E-state index in [4.69, 9.17) is 18.9 Å². The highest BCUT2D eigenvalue weighted by Gasteiger charge is 2.10. The second-order valence-corrected chi connectivity index (χ2v) is 6.25. The summed E-state index contributed by atoms with van der Waals surface area (Å²) in [4.78, 5) is 11.9. The van der Waals surface area contributed by atoms with E-state index in [-0.39, 0.29) is 12.5 Å². The van der Waals surface area contributed by atoms with E-state index in [1.807, 2.05) is 24.3 Å². The predicted octanol–water partition coefficient (Wildman–Crippen LogP) is 3.36. The predicted molar refractivity (Wildman–Crippen MR) is 108 cm³/mol. The molecule has 1 N–H and O–H groups in total. The molecule has 0 saturated carbocycles. The van der Waals surface area contributed by atoms with Gasteiger partial charge in [-0.25, -0.2) is 5.43 Å². The van der Waals surface area contributed by atoms with Crippen molar-refractivity contribution in [2.75, 3.05) is 27.9 Å². The van der Waals surface area contributed by atoms with E-state index in [1.54, 1.807) is 19.2 Å². The fourth-order valence-corrected chi connectivity index (χ4v) is 2.46. The molecule has 0 heterocycles. The molecular weight excluding hydrogens is 360 g/mol. The molecule has 2 aromatic carbocycles. The number of rotatable bonds is 9. The van der Waals surface area contributed by atoms with Gasteiger partial charge in [0.25, 0.3) is 5.91 Å². The molecule has 150 valence electrons. The van der Waals surface area contributed by atoms with Crippen molar-refractivity contribution in [1.82, 2.24) is 5.43 Å². The Kier molecular flexibility index (Phi) is 7.68. The third-order valence-corrected chi connectivity index (χ3v) is 4.05. The summed E-state index contributed by atoms with van der Waals surface area (Å²) in [6.45, 7) is 4.10. The monoisotopic (exact) mass is 386 g/mol. The van der Waals surface area contributed by atoms with Gasteiger partial charge in [0.2, 0.25) is 0 Å². The average Bonchev–Trinajstić information content (AvgIpc) is 2.72. The van der Waals surface area contributed by atoms with Crippen molar-refractivity contribution in [2.24, 2.45) is 5.10 Å². The maximum absolute atomic E-state index is 11.9. The lowest BCUT2D eigenvalue weighted by Crippen LogP contribution is -2.24. The molecule has 0 saturated heterocycles.